The third-order valence-electron chi connectivity index (χ3n) is 14.7. The maximum absolute atomic E-state index is 13.9. The number of benzene rings is 2. The number of carbonyl (C=O) groups is 12. The summed E-state index contributed by atoms with van der Waals surface area (Å²) < 4.78 is 3.40. The Bertz CT molecular complexity index is 3480. The maximum Gasteiger partial charge on any atom is 0.322 e. The van der Waals surface area contributed by atoms with Crippen molar-refractivity contribution in [2.75, 3.05) is 49.9 Å². The van der Waals surface area contributed by atoms with Gasteiger partial charge in [0.25, 0.3) is 11.8 Å². The van der Waals surface area contributed by atoms with Crippen LogP contribution in [0.3, 0.4) is 0 Å². The maximum atomic E-state index is 13.9. The molecule has 4 unspecified atom stereocenters. The molecule has 2 aliphatic heterocycles. The average molecular weight is 1310 g/mol. The Morgan fingerprint density at radius 3 is 1.43 bits per heavy atom. The number of hydrogen-bond donors (Lipinski definition) is 15. The molecule has 0 fully saturated rings. The molecule has 0 aliphatic carbocycles. The summed E-state index contributed by atoms with van der Waals surface area (Å²) in [5.74, 6) is -14.3. The van der Waals surface area contributed by atoms with Gasteiger partial charge in [-0.05, 0) is 50.9 Å². The minimum atomic E-state index is -2.03. The fraction of sp³-hybridized carbons (Fsp3) is 0.446. The molecule has 2 aromatic carbocycles. The Hall–Kier alpha value is -9.73. The monoisotopic (exact) mass is 1310 g/mol. The molecule has 4 aromatic rings. The van der Waals surface area contributed by atoms with Gasteiger partial charge in [0.05, 0.1) is 52.1 Å². The van der Waals surface area contributed by atoms with E-state index in [1.165, 1.54) is 0 Å². The van der Waals surface area contributed by atoms with E-state index in [4.69, 9.17) is 44.6 Å². The normalized spacial score (nSPS) is 14.2. The third kappa shape index (κ3) is 20.1. The molecule has 0 bridgehead atoms. The first-order chi connectivity index (χ1) is 43.1. The summed E-state index contributed by atoms with van der Waals surface area (Å²) in [6.07, 6.45) is -1.95. The predicted octanol–water partition coefficient (Wildman–Crippen LogP) is -0.179. The Balaban J connectivity index is 1.05. The average Bonchev–Trinajstić information content (AvgIpc) is 1.79. The van der Waals surface area contributed by atoms with Gasteiger partial charge in [-0.15, -0.1) is 0 Å². The van der Waals surface area contributed by atoms with E-state index in [1.54, 1.807) is 59.6 Å². The number of halogens is 2. The van der Waals surface area contributed by atoms with E-state index >= 15 is 0 Å². The molecule has 0 radical (unpaired) electrons. The number of nitrogens with one attached hydrogen (secondary N) is 9. The molecule has 0 spiro atoms. The highest BCUT2D eigenvalue weighted by Gasteiger charge is 2.35. The number of imidazole rings is 2. The number of carbonyl (C=O) groups excluding carboxylic acids is 7. The smallest absolute Gasteiger partial charge is 0.322 e. The van der Waals surface area contributed by atoms with Crippen LogP contribution in [-0.2, 0) is 88.0 Å². The molecule has 2 aliphatic rings. The van der Waals surface area contributed by atoms with E-state index in [9.17, 15) is 72.9 Å². The Kier molecular flexibility index (Phi) is 25.3. The van der Waals surface area contributed by atoms with Crippen molar-refractivity contribution in [3.05, 3.63) is 80.9 Å². The summed E-state index contributed by atoms with van der Waals surface area (Å²) >= 11 is 13.9. The van der Waals surface area contributed by atoms with Crippen LogP contribution in [0.25, 0.3) is 11.1 Å². The lowest BCUT2D eigenvalue weighted by atomic mass is 10.0. The molecule has 33 nitrogen and oxygen atoms in total. The van der Waals surface area contributed by atoms with Crippen LogP contribution in [0, 0.1) is 5.41 Å². The van der Waals surface area contributed by atoms with Crippen molar-refractivity contribution >= 4 is 112 Å². The number of aliphatic carboxylic acids is 5. The minimum Gasteiger partial charge on any atom is -0.481 e. The molecule has 2 aromatic heterocycles. The molecular formula is C56H70Cl2N16O17. The summed E-state index contributed by atoms with van der Waals surface area (Å²) in [7, 11) is 3.45. The number of nitrogens with two attached hydrogens (primary N) is 1. The molecule has 4 atom stereocenters. The van der Waals surface area contributed by atoms with E-state index in [0.29, 0.717) is 68.8 Å². The first kappa shape index (κ1) is 70.4. The highest BCUT2D eigenvalue weighted by molar-refractivity contribution is 6.40. The lowest BCUT2D eigenvalue weighted by Gasteiger charge is -2.27. The van der Waals surface area contributed by atoms with Gasteiger partial charge in [0, 0.05) is 95.0 Å². The largest absolute Gasteiger partial charge is 0.481 e. The quantitative estimate of drug-likeness (QED) is 0.0167. The van der Waals surface area contributed by atoms with Crippen LogP contribution < -0.4 is 48.3 Å². The highest BCUT2D eigenvalue weighted by Crippen LogP contribution is 2.40. The fourth-order valence-corrected chi connectivity index (χ4v) is 10.8. The first-order valence-electron chi connectivity index (χ1n) is 28.5. The summed E-state index contributed by atoms with van der Waals surface area (Å²) in [4.78, 5) is 165. The van der Waals surface area contributed by atoms with Crippen molar-refractivity contribution in [1.82, 2.24) is 60.8 Å². The van der Waals surface area contributed by atoms with E-state index < -0.39 is 127 Å². The third-order valence-corrected chi connectivity index (χ3v) is 15.5. The minimum absolute atomic E-state index is 0.0272. The van der Waals surface area contributed by atoms with Crippen LogP contribution in [0.15, 0.2) is 36.4 Å². The number of aromatic nitrogens is 4. The molecule has 6 rings (SSSR count). The number of anilines is 2. The Morgan fingerprint density at radius 2 is 0.989 bits per heavy atom. The molecule has 0 saturated heterocycles. The topological polar surface area (TPSA) is 494 Å². The van der Waals surface area contributed by atoms with Crippen molar-refractivity contribution in [3.8, 4) is 11.1 Å². The number of carboxylic acid groups (broad SMARTS) is 5. The second-order valence-corrected chi connectivity index (χ2v) is 22.1. The van der Waals surface area contributed by atoms with Crippen molar-refractivity contribution < 1.29 is 83.1 Å². The molecule has 0 saturated carbocycles. The zero-order valence-corrected chi connectivity index (χ0v) is 50.9. The molecule has 490 valence electrons. The van der Waals surface area contributed by atoms with Crippen molar-refractivity contribution in [3.63, 3.8) is 0 Å². The fourth-order valence-electron chi connectivity index (χ4n) is 10.2. The summed E-state index contributed by atoms with van der Waals surface area (Å²) in [6.45, 7) is 1.80. The lowest BCUT2D eigenvalue weighted by molar-refractivity contribution is -0.144. The zero-order valence-electron chi connectivity index (χ0n) is 49.4. The highest BCUT2D eigenvalue weighted by atomic mass is 35.5. The second kappa shape index (κ2) is 32.7. The molecule has 35 heteroatoms. The number of fused-ring (bicyclic) bond motifs is 2. The number of guanidine groups is 1. The molecule has 4 heterocycles. The zero-order chi connectivity index (χ0) is 66.8. The van der Waals surface area contributed by atoms with Gasteiger partial charge >= 0.3 is 29.8 Å². The first-order valence-corrected chi connectivity index (χ1v) is 29.2. The van der Waals surface area contributed by atoms with E-state index in [-0.39, 0.29) is 78.3 Å². The van der Waals surface area contributed by atoms with Crippen LogP contribution in [0.5, 0.6) is 0 Å². The van der Waals surface area contributed by atoms with E-state index in [1.807, 2.05) is 15.5 Å². The van der Waals surface area contributed by atoms with Crippen LogP contribution in [0.2, 0.25) is 10.0 Å². The van der Waals surface area contributed by atoms with E-state index in [0.717, 1.165) is 17.1 Å². The molecule has 16 N–H and O–H groups in total. The van der Waals surface area contributed by atoms with Gasteiger partial charge in [-0.1, -0.05) is 47.5 Å². The van der Waals surface area contributed by atoms with Crippen LogP contribution in [0.4, 0.5) is 11.4 Å². The van der Waals surface area contributed by atoms with Crippen molar-refractivity contribution in [2.24, 2.45) is 19.8 Å². The van der Waals surface area contributed by atoms with Gasteiger partial charge in [0.1, 0.15) is 30.7 Å². The van der Waals surface area contributed by atoms with Gasteiger partial charge in [0.15, 0.2) is 17.6 Å². The second-order valence-electron chi connectivity index (χ2n) is 21.4. The number of hydrogen-bond acceptors (Lipinski definition) is 17. The SMILES string of the molecule is Cn1c(C(=O)Nc2cccc(-c3cccc(NC(=O)c4nc5c(n4C)CCN(CCCC(=O)NC(CC(=O)O)C(=O)NC(CCCNC(=N)N)C(=O)NC(CC(=O)O)C(=O)NC(CC(=O)O)C(=O)NCC(=O)O)C5)c3Cl)c2Cl)nc2c1CCN(CCCC(=O)O)C2. The summed E-state index contributed by atoms with van der Waals surface area (Å²) in [5, 5.41) is 73.1. The molecular weight excluding hydrogens is 1240 g/mol. The Labute approximate surface area is 528 Å². The van der Waals surface area contributed by atoms with Gasteiger partial charge in [-0.3, -0.25) is 72.7 Å². The number of rotatable bonds is 33. The van der Waals surface area contributed by atoms with Gasteiger partial charge in [-0.2, -0.15) is 0 Å². The molecule has 91 heavy (non-hydrogen) atoms. The lowest BCUT2D eigenvalue weighted by Crippen LogP contribution is -2.59. The standard InChI is InChI=1S/C56H70Cl2N16O17/c1-71-38-15-20-73(18-6-13-40(75)63-34(23-43(80)81)52(88)68-32(12-5-17-61-56(59)60)51(87)70-35(24-44(82)83)53(89)69-33(22-42(78)79)50(86)62-25-45(84)85)26-36(38)64-48(71)54(90)66-30-10-3-8-28(46(30)57)29-9-4-11-31(47(29)58)67-55(91)49-65-37-27-74(19-7-14-41(76)77)21-16-39(37)72(49)2/h3-4,8-11,32-35H,5-7,12-27H2,1-2H3,(H,62,86)(H,63,75)(H,66,90)(H,67,91)(H,68,88)(H,69,89)(H,70,87)(H,76,77)(H,78,79)(H,80,81)(H,82,83)(H,84,85)(H4,59,60,61). The van der Waals surface area contributed by atoms with E-state index in [2.05, 4.69) is 46.8 Å². The summed E-state index contributed by atoms with van der Waals surface area (Å²) in [6, 6.07) is 2.56. The number of amides is 7. The van der Waals surface area contributed by atoms with Gasteiger partial charge < -0.3 is 82.9 Å². The number of nitrogens with zero attached hydrogens (tertiary/aromatic N) is 6. The summed E-state index contributed by atoms with van der Waals surface area (Å²) in [5.41, 5.74) is 9.74. The Morgan fingerprint density at radius 1 is 0.560 bits per heavy atom. The van der Waals surface area contributed by atoms with Crippen LogP contribution in [-0.4, -0.2) is 195 Å². The number of carboxylic acids is 5. The van der Waals surface area contributed by atoms with Crippen molar-refractivity contribution in [1.29, 1.82) is 5.41 Å². The van der Waals surface area contributed by atoms with Gasteiger partial charge in [-0.25, -0.2) is 9.97 Å². The van der Waals surface area contributed by atoms with Crippen LogP contribution in [0.1, 0.15) is 102 Å². The van der Waals surface area contributed by atoms with Gasteiger partial charge in [0.2, 0.25) is 29.5 Å². The molecule has 7 amide bonds. The predicted molar refractivity (Wildman–Crippen MR) is 323 cm³/mol. The van der Waals surface area contributed by atoms with Crippen molar-refractivity contribution in [2.45, 2.75) is 108 Å². The van der Waals surface area contributed by atoms with Crippen LogP contribution >= 0.6 is 23.2 Å².